The first kappa shape index (κ1) is 14.1. The molecule has 0 spiro atoms. The zero-order valence-corrected chi connectivity index (χ0v) is 12.2. The number of aromatic amines is 1. The summed E-state index contributed by atoms with van der Waals surface area (Å²) in [4.78, 5) is 28.5. The quantitative estimate of drug-likeness (QED) is 0.859. The number of morpholine rings is 1. The van der Waals surface area contributed by atoms with Gasteiger partial charge >= 0.3 is 0 Å². The minimum absolute atomic E-state index is 0.0812. The number of hydrogen-bond donors (Lipinski definition) is 2. The molecule has 19 heavy (non-hydrogen) atoms. The molecular weight excluding hydrogens is 314 g/mol. The van der Waals surface area contributed by atoms with Crippen LogP contribution in [-0.4, -0.2) is 54.0 Å². The van der Waals surface area contributed by atoms with E-state index in [4.69, 9.17) is 4.74 Å². The fourth-order valence-electron chi connectivity index (χ4n) is 1.89. The van der Waals surface area contributed by atoms with E-state index in [0.29, 0.717) is 32.0 Å². The highest BCUT2D eigenvalue weighted by Gasteiger charge is 2.24. The van der Waals surface area contributed by atoms with Crippen molar-refractivity contribution in [3.63, 3.8) is 0 Å². The van der Waals surface area contributed by atoms with Crippen LogP contribution in [0.5, 0.6) is 0 Å². The number of nitrogens with zero attached hydrogens (tertiary/aromatic N) is 1. The monoisotopic (exact) mass is 329 g/mol. The molecule has 1 atom stereocenters. The van der Waals surface area contributed by atoms with E-state index < -0.39 is 6.04 Å². The fourth-order valence-corrected chi connectivity index (χ4v) is 2.24. The predicted octanol–water partition coefficient (Wildman–Crippen LogP) is 0.754. The van der Waals surface area contributed by atoms with E-state index in [1.54, 1.807) is 24.1 Å². The largest absolute Gasteiger partial charge is 0.378 e. The second-order valence-electron chi connectivity index (χ2n) is 4.36. The molecule has 2 N–H and O–H groups in total. The SMILES string of the molecule is CC(NC(=O)c1cc(Br)c[nH]1)C(=O)N1CCOCC1. The lowest BCUT2D eigenvalue weighted by Crippen LogP contribution is -2.50. The number of amides is 2. The summed E-state index contributed by atoms with van der Waals surface area (Å²) >= 11 is 3.26. The van der Waals surface area contributed by atoms with Crippen LogP contribution in [0.2, 0.25) is 0 Å². The summed E-state index contributed by atoms with van der Waals surface area (Å²) < 4.78 is 5.99. The third-order valence-corrected chi connectivity index (χ3v) is 3.39. The highest BCUT2D eigenvalue weighted by molar-refractivity contribution is 9.10. The fraction of sp³-hybridized carbons (Fsp3) is 0.500. The Morgan fingerprint density at radius 1 is 1.47 bits per heavy atom. The van der Waals surface area contributed by atoms with Crippen LogP contribution in [0.4, 0.5) is 0 Å². The van der Waals surface area contributed by atoms with Crippen LogP contribution in [0.1, 0.15) is 17.4 Å². The van der Waals surface area contributed by atoms with E-state index in [1.807, 2.05) is 0 Å². The van der Waals surface area contributed by atoms with Crippen molar-refractivity contribution in [2.75, 3.05) is 26.3 Å². The van der Waals surface area contributed by atoms with Crippen LogP contribution in [-0.2, 0) is 9.53 Å². The second kappa shape index (κ2) is 6.21. The number of ether oxygens (including phenoxy) is 1. The molecule has 1 fully saturated rings. The highest BCUT2D eigenvalue weighted by atomic mass is 79.9. The van der Waals surface area contributed by atoms with Gasteiger partial charge in [0, 0.05) is 23.8 Å². The molecule has 0 bridgehead atoms. The molecule has 6 nitrogen and oxygen atoms in total. The number of aromatic nitrogens is 1. The van der Waals surface area contributed by atoms with Crippen LogP contribution in [0.25, 0.3) is 0 Å². The first-order chi connectivity index (χ1) is 9.08. The number of carbonyl (C=O) groups is 2. The van der Waals surface area contributed by atoms with Gasteiger partial charge in [-0.1, -0.05) is 0 Å². The van der Waals surface area contributed by atoms with E-state index in [1.165, 1.54) is 0 Å². The van der Waals surface area contributed by atoms with E-state index in [9.17, 15) is 9.59 Å². The maximum atomic E-state index is 12.1. The standard InChI is InChI=1S/C12H16BrN3O3/c1-8(12(18)16-2-4-19-5-3-16)15-11(17)10-6-9(13)7-14-10/h6-8,14H,2-5H2,1H3,(H,15,17). The molecule has 2 heterocycles. The number of nitrogens with one attached hydrogen (secondary N) is 2. The molecule has 2 amide bonds. The molecular formula is C12H16BrN3O3. The summed E-state index contributed by atoms with van der Waals surface area (Å²) in [5.41, 5.74) is 0.425. The summed E-state index contributed by atoms with van der Waals surface area (Å²) in [6, 6.07) is 1.12. The molecule has 7 heteroatoms. The van der Waals surface area contributed by atoms with Gasteiger partial charge in [-0.2, -0.15) is 0 Å². The lowest BCUT2D eigenvalue weighted by Gasteiger charge is -2.29. The van der Waals surface area contributed by atoms with Crippen LogP contribution in [0.3, 0.4) is 0 Å². The molecule has 0 radical (unpaired) electrons. The van der Waals surface area contributed by atoms with Gasteiger partial charge in [-0.05, 0) is 28.9 Å². The normalized spacial score (nSPS) is 17.1. The lowest BCUT2D eigenvalue weighted by atomic mass is 10.2. The first-order valence-corrected chi connectivity index (χ1v) is 6.88. The van der Waals surface area contributed by atoms with Crippen molar-refractivity contribution in [3.8, 4) is 0 Å². The molecule has 104 valence electrons. The molecule has 1 aromatic heterocycles. The van der Waals surface area contributed by atoms with Crippen molar-refractivity contribution in [1.29, 1.82) is 0 Å². The molecule has 1 saturated heterocycles. The maximum Gasteiger partial charge on any atom is 0.268 e. The zero-order chi connectivity index (χ0) is 13.8. The molecule has 0 saturated carbocycles. The summed E-state index contributed by atoms with van der Waals surface area (Å²) in [5, 5.41) is 2.68. The smallest absolute Gasteiger partial charge is 0.268 e. The van der Waals surface area contributed by atoms with Crippen molar-refractivity contribution in [1.82, 2.24) is 15.2 Å². The van der Waals surface area contributed by atoms with Crippen LogP contribution >= 0.6 is 15.9 Å². The van der Waals surface area contributed by atoms with Gasteiger partial charge in [0.25, 0.3) is 5.91 Å². The molecule has 1 aliphatic rings. The summed E-state index contributed by atoms with van der Waals surface area (Å²) in [5.74, 6) is -0.373. The Morgan fingerprint density at radius 3 is 2.74 bits per heavy atom. The maximum absolute atomic E-state index is 12.1. The number of rotatable bonds is 3. The second-order valence-corrected chi connectivity index (χ2v) is 5.28. The third-order valence-electron chi connectivity index (χ3n) is 2.93. The first-order valence-electron chi connectivity index (χ1n) is 6.09. The topological polar surface area (TPSA) is 74.4 Å². The number of H-pyrrole nitrogens is 1. The number of halogens is 1. The average Bonchev–Trinajstić information content (AvgIpc) is 2.85. The van der Waals surface area contributed by atoms with Gasteiger partial charge in [-0.15, -0.1) is 0 Å². The summed E-state index contributed by atoms with van der Waals surface area (Å²) in [6.07, 6.45) is 1.67. The molecule has 2 rings (SSSR count). The molecule has 1 unspecified atom stereocenters. The van der Waals surface area contributed by atoms with E-state index in [-0.39, 0.29) is 11.8 Å². The Hall–Kier alpha value is -1.34. The minimum atomic E-state index is -0.548. The Morgan fingerprint density at radius 2 is 2.16 bits per heavy atom. The van der Waals surface area contributed by atoms with Gasteiger partial charge in [-0.3, -0.25) is 9.59 Å². The van der Waals surface area contributed by atoms with Gasteiger partial charge in [-0.25, -0.2) is 0 Å². The van der Waals surface area contributed by atoms with Crippen molar-refractivity contribution in [3.05, 3.63) is 22.4 Å². The van der Waals surface area contributed by atoms with Crippen molar-refractivity contribution < 1.29 is 14.3 Å². The average molecular weight is 330 g/mol. The van der Waals surface area contributed by atoms with Gasteiger partial charge in [0.1, 0.15) is 11.7 Å². The molecule has 0 aromatic carbocycles. The number of hydrogen-bond acceptors (Lipinski definition) is 3. The van der Waals surface area contributed by atoms with Crippen molar-refractivity contribution in [2.45, 2.75) is 13.0 Å². The van der Waals surface area contributed by atoms with E-state index >= 15 is 0 Å². The molecule has 1 aliphatic heterocycles. The van der Waals surface area contributed by atoms with E-state index in [0.717, 1.165) is 4.47 Å². The highest BCUT2D eigenvalue weighted by Crippen LogP contribution is 2.10. The predicted molar refractivity (Wildman–Crippen MR) is 72.8 cm³/mol. The van der Waals surface area contributed by atoms with Gasteiger partial charge in [0.05, 0.1) is 13.2 Å². The Bertz CT molecular complexity index is 469. The summed E-state index contributed by atoms with van der Waals surface area (Å²) in [6.45, 7) is 3.94. The van der Waals surface area contributed by atoms with E-state index in [2.05, 4.69) is 26.2 Å². The van der Waals surface area contributed by atoms with Crippen LogP contribution in [0.15, 0.2) is 16.7 Å². The van der Waals surface area contributed by atoms with Crippen molar-refractivity contribution in [2.24, 2.45) is 0 Å². The number of carbonyl (C=O) groups excluding carboxylic acids is 2. The summed E-state index contributed by atoms with van der Waals surface area (Å²) in [7, 11) is 0. The van der Waals surface area contributed by atoms with Crippen LogP contribution in [0, 0.1) is 0 Å². The van der Waals surface area contributed by atoms with Crippen LogP contribution < -0.4 is 5.32 Å². The van der Waals surface area contributed by atoms with Crippen molar-refractivity contribution >= 4 is 27.7 Å². The molecule has 0 aliphatic carbocycles. The zero-order valence-electron chi connectivity index (χ0n) is 10.6. The third kappa shape index (κ3) is 3.57. The van der Waals surface area contributed by atoms with Gasteiger partial charge < -0.3 is 19.9 Å². The Balaban J connectivity index is 1.91. The van der Waals surface area contributed by atoms with Gasteiger partial charge in [0.15, 0.2) is 0 Å². The Labute approximate surface area is 119 Å². The molecule has 1 aromatic rings. The minimum Gasteiger partial charge on any atom is -0.378 e. The lowest BCUT2D eigenvalue weighted by molar-refractivity contribution is -0.136. The Kier molecular flexibility index (Phi) is 4.60. The van der Waals surface area contributed by atoms with Gasteiger partial charge in [0.2, 0.25) is 5.91 Å².